The number of halogens is 1. The fourth-order valence-corrected chi connectivity index (χ4v) is 2.17. The summed E-state index contributed by atoms with van der Waals surface area (Å²) in [6.07, 6.45) is 1.16. The Labute approximate surface area is 111 Å². The number of anilines is 1. The zero-order valence-corrected chi connectivity index (χ0v) is 11.8. The molecule has 1 aromatic rings. The van der Waals surface area contributed by atoms with E-state index in [1.54, 1.807) is 0 Å². The molecule has 0 atom stereocenters. The van der Waals surface area contributed by atoms with Gasteiger partial charge in [0.15, 0.2) is 0 Å². The van der Waals surface area contributed by atoms with Crippen molar-refractivity contribution in [2.45, 2.75) is 13.3 Å². The maximum absolute atomic E-state index is 3.42. The number of allylic oxidation sites excluding steroid dienone is 1. The molecular weight excluding hydrogens is 278 g/mol. The van der Waals surface area contributed by atoms with E-state index >= 15 is 0 Å². The molecule has 0 amide bonds. The van der Waals surface area contributed by atoms with Gasteiger partial charge in [-0.1, -0.05) is 15.9 Å². The van der Waals surface area contributed by atoms with Crippen molar-refractivity contribution in [3.63, 3.8) is 0 Å². The van der Waals surface area contributed by atoms with Crippen LogP contribution in [0.15, 0.2) is 40.0 Å². The minimum atomic E-state index is 1.07. The lowest BCUT2D eigenvalue weighted by Gasteiger charge is -2.12. The molecule has 1 aliphatic heterocycles. The van der Waals surface area contributed by atoms with Crippen LogP contribution in [0.5, 0.6) is 0 Å². The molecule has 1 saturated heterocycles. The minimum absolute atomic E-state index is 1.07. The van der Waals surface area contributed by atoms with E-state index < -0.39 is 0 Å². The number of hydrogen-bond acceptors (Lipinski definition) is 3. The monoisotopic (exact) mass is 295 g/mol. The van der Waals surface area contributed by atoms with Gasteiger partial charge in [0.1, 0.15) is 0 Å². The number of rotatable bonds is 3. The van der Waals surface area contributed by atoms with Crippen molar-refractivity contribution in [2.75, 3.05) is 25.6 Å². The second kappa shape index (κ2) is 5.56. The number of nitrogens with one attached hydrogen (secondary N) is 2. The standard InChI is InChI=1S/C13H18BrN3/c1-10(11-7-8-17(2)9-11)15-16-13-5-3-12(14)4-6-13/h3-6,15-16H,7-9H2,1-2H3. The first kappa shape index (κ1) is 12.5. The van der Waals surface area contributed by atoms with Crippen LogP contribution < -0.4 is 10.9 Å². The Balaban J connectivity index is 1.92. The third-order valence-corrected chi connectivity index (χ3v) is 3.55. The van der Waals surface area contributed by atoms with Crippen molar-refractivity contribution in [3.8, 4) is 0 Å². The van der Waals surface area contributed by atoms with Crippen LogP contribution in [0.4, 0.5) is 5.69 Å². The van der Waals surface area contributed by atoms with Crippen LogP contribution in [-0.2, 0) is 0 Å². The highest BCUT2D eigenvalue weighted by atomic mass is 79.9. The lowest BCUT2D eigenvalue weighted by atomic mass is 10.2. The molecule has 4 heteroatoms. The second-order valence-electron chi connectivity index (χ2n) is 4.47. The first-order valence-electron chi connectivity index (χ1n) is 5.80. The Bertz CT molecular complexity index is 411. The van der Waals surface area contributed by atoms with E-state index in [9.17, 15) is 0 Å². The highest BCUT2D eigenvalue weighted by Gasteiger charge is 2.14. The van der Waals surface area contributed by atoms with Crippen LogP contribution in [0.25, 0.3) is 0 Å². The fraction of sp³-hybridized carbons (Fsp3) is 0.385. The van der Waals surface area contributed by atoms with Gasteiger partial charge in [0.25, 0.3) is 0 Å². The number of nitrogens with zero attached hydrogens (tertiary/aromatic N) is 1. The number of likely N-dealkylation sites (tertiary alicyclic amines) is 1. The maximum Gasteiger partial charge on any atom is 0.0540 e. The smallest absolute Gasteiger partial charge is 0.0540 e. The molecule has 0 saturated carbocycles. The highest BCUT2D eigenvalue weighted by molar-refractivity contribution is 9.10. The number of hydrazine groups is 1. The molecule has 2 N–H and O–H groups in total. The molecule has 17 heavy (non-hydrogen) atoms. The summed E-state index contributed by atoms with van der Waals surface area (Å²) >= 11 is 3.42. The van der Waals surface area contributed by atoms with Gasteiger partial charge in [-0.3, -0.25) is 0 Å². The summed E-state index contributed by atoms with van der Waals surface area (Å²) in [7, 11) is 2.16. The Morgan fingerprint density at radius 1 is 1.29 bits per heavy atom. The fourth-order valence-electron chi connectivity index (χ4n) is 1.90. The number of hydrogen-bond donors (Lipinski definition) is 2. The predicted octanol–water partition coefficient (Wildman–Crippen LogP) is 2.98. The van der Waals surface area contributed by atoms with E-state index in [0.29, 0.717) is 0 Å². The van der Waals surface area contributed by atoms with Crippen LogP contribution in [0.3, 0.4) is 0 Å². The maximum atomic E-state index is 3.42. The molecule has 1 heterocycles. The Morgan fingerprint density at radius 3 is 2.59 bits per heavy atom. The van der Waals surface area contributed by atoms with Gasteiger partial charge in [0.2, 0.25) is 0 Å². The zero-order chi connectivity index (χ0) is 12.3. The zero-order valence-electron chi connectivity index (χ0n) is 10.3. The average Bonchev–Trinajstić information content (AvgIpc) is 2.75. The molecule has 0 bridgehead atoms. The molecule has 1 aromatic carbocycles. The molecule has 0 radical (unpaired) electrons. The molecule has 0 aromatic heterocycles. The summed E-state index contributed by atoms with van der Waals surface area (Å²) in [4.78, 5) is 2.33. The Kier molecular flexibility index (Phi) is 4.07. The van der Waals surface area contributed by atoms with Crippen molar-refractivity contribution < 1.29 is 0 Å². The van der Waals surface area contributed by atoms with Gasteiger partial charge >= 0.3 is 0 Å². The Hall–Kier alpha value is -1.00. The van der Waals surface area contributed by atoms with Gasteiger partial charge in [-0.2, -0.15) is 0 Å². The summed E-state index contributed by atoms with van der Waals surface area (Å²) in [5.41, 5.74) is 10.3. The molecule has 0 unspecified atom stereocenters. The van der Waals surface area contributed by atoms with Gasteiger partial charge in [0, 0.05) is 23.3 Å². The normalized spacial score (nSPS) is 19.2. The third-order valence-electron chi connectivity index (χ3n) is 3.02. The van der Waals surface area contributed by atoms with Crippen molar-refractivity contribution in [2.24, 2.45) is 0 Å². The SMILES string of the molecule is CC(NNc1ccc(Br)cc1)=C1CCN(C)C1. The van der Waals surface area contributed by atoms with E-state index in [4.69, 9.17) is 0 Å². The van der Waals surface area contributed by atoms with Crippen molar-refractivity contribution >= 4 is 21.6 Å². The molecule has 1 fully saturated rings. The van der Waals surface area contributed by atoms with Crippen LogP contribution in [0, 0.1) is 0 Å². The number of benzene rings is 1. The van der Waals surface area contributed by atoms with Gasteiger partial charge < -0.3 is 15.8 Å². The van der Waals surface area contributed by atoms with Crippen molar-refractivity contribution in [3.05, 3.63) is 40.0 Å². The third kappa shape index (κ3) is 3.48. The van der Waals surface area contributed by atoms with Crippen LogP contribution in [-0.4, -0.2) is 25.0 Å². The lowest BCUT2D eigenvalue weighted by molar-refractivity contribution is 0.424. The van der Waals surface area contributed by atoms with Crippen LogP contribution in [0.2, 0.25) is 0 Å². The van der Waals surface area contributed by atoms with Crippen molar-refractivity contribution in [1.82, 2.24) is 10.3 Å². The van der Waals surface area contributed by atoms with Crippen LogP contribution >= 0.6 is 15.9 Å². The summed E-state index contributed by atoms with van der Waals surface area (Å²) in [6, 6.07) is 8.12. The molecule has 0 spiro atoms. The molecule has 2 rings (SSSR count). The molecule has 0 aliphatic carbocycles. The molecule has 92 valence electrons. The first-order chi connectivity index (χ1) is 8.15. The topological polar surface area (TPSA) is 27.3 Å². The lowest BCUT2D eigenvalue weighted by Crippen LogP contribution is -2.21. The van der Waals surface area contributed by atoms with Gasteiger partial charge in [0.05, 0.1) is 5.69 Å². The second-order valence-corrected chi connectivity index (χ2v) is 5.39. The van der Waals surface area contributed by atoms with E-state index in [0.717, 1.165) is 29.7 Å². The predicted molar refractivity (Wildman–Crippen MR) is 75.7 cm³/mol. The van der Waals surface area contributed by atoms with E-state index in [-0.39, 0.29) is 0 Å². The summed E-state index contributed by atoms with van der Waals surface area (Å²) < 4.78 is 1.09. The van der Waals surface area contributed by atoms with Gasteiger partial charge in [-0.15, -0.1) is 0 Å². The van der Waals surface area contributed by atoms with Gasteiger partial charge in [-0.25, -0.2) is 0 Å². The van der Waals surface area contributed by atoms with E-state index in [1.165, 1.54) is 11.3 Å². The minimum Gasteiger partial charge on any atom is -0.305 e. The first-order valence-corrected chi connectivity index (χ1v) is 6.59. The van der Waals surface area contributed by atoms with Crippen molar-refractivity contribution in [1.29, 1.82) is 0 Å². The largest absolute Gasteiger partial charge is 0.305 e. The number of likely N-dealkylation sites (N-methyl/N-ethyl adjacent to an activating group) is 1. The van der Waals surface area contributed by atoms with E-state index in [2.05, 4.69) is 45.7 Å². The van der Waals surface area contributed by atoms with E-state index in [1.807, 2.05) is 24.3 Å². The summed E-state index contributed by atoms with van der Waals surface area (Å²) in [5, 5.41) is 0. The van der Waals surface area contributed by atoms with Crippen LogP contribution in [0.1, 0.15) is 13.3 Å². The molecule has 1 aliphatic rings. The summed E-state index contributed by atoms with van der Waals surface area (Å²) in [6.45, 7) is 4.35. The Morgan fingerprint density at radius 2 is 2.00 bits per heavy atom. The highest BCUT2D eigenvalue weighted by Crippen LogP contribution is 2.17. The molecule has 3 nitrogen and oxygen atoms in total. The van der Waals surface area contributed by atoms with Gasteiger partial charge in [-0.05, 0) is 50.2 Å². The quantitative estimate of drug-likeness (QED) is 0.840. The summed E-state index contributed by atoms with van der Waals surface area (Å²) in [5.74, 6) is 0. The average molecular weight is 296 g/mol. The molecular formula is C13H18BrN3.